The smallest absolute Gasteiger partial charge is 0.338 e. The van der Waals surface area contributed by atoms with Crippen LogP contribution in [0.1, 0.15) is 34.8 Å². The van der Waals surface area contributed by atoms with Crippen molar-refractivity contribution < 1.29 is 9.90 Å². The summed E-state index contributed by atoms with van der Waals surface area (Å²) in [6, 6.07) is 3.61. The monoisotopic (exact) mass is 216 g/mol. The van der Waals surface area contributed by atoms with Crippen molar-refractivity contribution in [1.29, 1.82) is 0 Å². The van der Waals surface area contributed by atoms with E-state index >= 15 is 0 Å². The fourth-order valence-corrected chi connectivity index (χ4v) is 2.34. The molecule has 0 bridgehead atoms. The fourth-order valence-electron chi connectivity index (χ4n) is 2.34. The number of fused-ring (bicyclic) bond motifs is 1. The number of hydrogen-bond donors (Lipinski definition) is 1. The van der Waals surface area contributed by atoms with Crippen LogP contribution in [0.5, 0.6) is 0 Å². The molecule has 0 aromatic carbocycles. The lowest BCUT2D eigenvalue weighted by atomic mass is 10.1. The van der Waals surface area contributed by atoms with Crippen molar-refractivity contribution in [3.8, 4) is 0 Å². The zero-order chi connectivity index (χ0) is 11.3. The maximum Gasteiger partial charge on any atom is 0.338 e. The fraction of sp³-hybridized carbons (Fsp3) is 0.333. The van der Waals surface area contributed by atoms with Gasteiger partial charge in [-0.3, -0.25) is 0 Å². The van der Waals surface area contributed by atoms with E-state index in [0.717, 1.165) is 29.6 Å². The number of carboxylic acids is 1. The molecule has 0 unspecified atom stereocenters. The van der Waals surface area contributed by atoms with E-state index in [1.165, 1.54) is 0 Å². The maximum atomic E-state index is 11.3. The molecule has 4 heteroatoms. The number of aromatic nitrogens is 2. The average Bonchev–Trinajstić information content (AvgIpc) is 3.05. The van der Waals surface area contributed by atoms with Crippen LogP contribution in [0.3, 0.4) is 0 Å². The zero-order valence-corrected chi connectivity index (χ0v) is 8.97. The van der Waals surface area contributed by atoms with E-state index in [2.05, 4.69) is 4.98 Å². The molecule has 2 heterocycles. The summed E-state index contributed by atoms with van der Waals surface area (Å²) in [5.74, 6) is -0.439. The Bertz CT molecular complexity index is 582. The van der Waals surface area contributed by atoms with Crippen LogP contribution in [0.25, 0.3) is 11.0 Å². The Kier molecular flexibility index (Phi) is 1.80. The predicted octanol–water partition coefficient (Wildman–Crippen LogP) is 2.15. The van der Waals surface area contributed by atoms with E-state index in [-0.39, 0.29) is 0 Å². The number of hydrogen-bond acceptors (Lipinski definition) is 2. The van der Waals surface area contributed by atoms with Crippen LogP contribution in [0, 0.1) is 0 Å². The molecule has 1 aliphatic rings. The van der Waals surface area contributed by atoms with Crippen LogP contribution in [0.4, 0.5) is 0 Å². The first-order valence-electron chi connectivity index (χ1n) is 5.36. The number of carboxylic acid groups (broad SMARTS) is 1. The third kappa shape index (κ3) is 1.16. The van der Waals surface area contributed by atoms with Crippen molar-refractivity contribution in [2.45, 2.75) is 18.8 Å². The van der Waals surface area contributed by atoms with Crippen LogP contribution in [-0.2, 0) is 7.05 Å². The second-order valence-corrected chi connectivity index (χ2v) is 4.27. The molecule has 1 aliphatic carbocycles. The summed E-state index contributed by atoms with van der Waals surface area (Å²) in [6.45, 7) is 0. The molecule has 1 fully saturated rings. The molecule has 3 rings (SSSR count). The number of nitrogens with zero attached hydrogens (tertiary/aromatic N) is 2. The first-order chi connectivity index (χ1) is 7.70. The molecule has 1 saturated carbocycles. The van der Waals surface area contributed by atoms with Gasteiger partial charge in [0.15, 0.2) is 0 Å². The number of rotatable bonds is 2. The van der Waals surface area contributed by atoms with Gasteiger partial charge in [0, 0.05) is 30.2 Å². The molecule has 16 heavy (non-hydrogen) atoms. The Hall–Kier alpha value is -1.84. The summed E-state index contributed by atoms with van der Waals surface area (Å²) in [6.07, 6.45) is 3.87. The first-order valence-corrected chi connectivity index (χ1v) is 5.36. The summed E-state index contributed by atoms with van der Waals surface area (Å²) in [4.78, 5) is 15.6. The van der Waals surface area contributed by atoms with Gasteiger partial charge in [-0.05, 0) is 25.0 Å². The lowest BCUT2D eigenvalue weighted by Gasteiger charge is -2.02. The van der Waals surface area contributed by atoms with Gasteiger partial charge in [-0.1, -0.05) is 0 Å². The summed E-state index contributed by atoms with van der Waals surface area (Å²) in [5.41, 5.74) is 2.14. The third-order valence-corrected chi connectivity index (χ3v) is 3.17. The molecule has 0 radical (unpaired) electrons. The average molecular weight is 216 g/mol. The Labute approximate surface area is 92.5 Å². The van der Waals surface area contributed by atoms with Crippen molar-refractivity contribution in [3.63, 3.8) is 0 Å². The minimum absolute atomic E-state index is 0.408. The van der Waals surface area contributed by atoms with Crippen molar-refractivity contribution in [1.82, 2.24) is 9.55 Å². The molecule has 1 N–H and O–H groups in total. The van der Waals surface area contributed by atoms with Gasteiger partial charge in [-0.25, -0.2) is 9.78 Å². The largest absolute Gasteiger partial charge is 0.478 e. The first kappa shape index (κ1) is 9.39. The van der Waals surface area contributed by atoms with Gasteiger partial charge < -0.3 is 9.67 Å². The molecule has 82 valence electrons. The highest BCUT2D eigenvalue weighted by Gasteiger charge is 2.33. The van der Waals surface area contributed by atoms with E-state index in [9.17, 15) is 9.90 Å². The zero-order valence-electron chi connectivity index (χ0n) is 8.97. The van der Waals surface area contributed by atoms with Gasteiger partial charge in [0.2, 0.25) is 0 Å². The molecule has 0 amide bonds. The second-order valence-electron chi connectivity index (χ2n) is 4.27. The number of aromatic carboxylic acids is 1. The predicted molar refractivity (Wildman–Crippen MR) is 59.6 cm³/mol. The van der Waals surface area contributed by atoms with E-state index in [1.54, 1.807) is 12.3 Å². The third-order valence-electron chi connectivity index (χ3n) is 3.17. The van der Waals surface area contributed by atoms with E-state index in [0.29, 0.717) is 11.5 Å². The highest BCUT2D eigenvalue weighted by Crippen LogP contribution is 2.44. The molecule has 0 saturated heterocycles. The van der Waals surface area contributed by atoms with Gasteiger partial charge >= 0.3 is 5.97 Å². The second kappa shape index (κ2) is 3.07. The summed E-state index contributed by atoms with van der Waals surface area (Å²) >= 11 is 0. The van der Waals surface area contributed by atoms with Gasteiger partial charge in [0.25, 0.3) is 0 Å². The van der Waals surface area contributed by atoms with Gasteiger partial charge in [-0.2, -0.15) is 0 Å². The van der Waals surface area contributed by atoms with E-state index < -0.39 is 5.97 Å². The Morgan fingerprint density at radius 3 is 2.94 bits per heavy atom. The Balaban J connectivity index is 2.41. The molecule has 0 aliphatic heterocycles. The van der Waals surface area contributed by atoms with E-state index in [4.69, 9.17) is 0 Å². The van der Waals surface area contributed by atoms with Gasteiger partial charge in [0.05, 0.1) is 5.56 Å². The van der Waals surface area contributed by atoms with Crippen molar-refractivity contribution in [2.75, 3.05) is 0 Å². The van der Waals surface area contributed by atoms with Crippen LogP contribution in [0.15, 0.2) is 18.3 Å². The molecule has 0 spiro atoms. The Morgan fingerprint density at radius 2 is 2.31 bits per heavy atom. The summed E-state index contributed by atoms with van der Waals surface area (Å²) in [7, 11) is 1.90. The lowest BCUT2D eigenvalue weighted by molar-refractivity contribution is 0.0697. The van der Waals surface area contributed by atoms with Gasteiger partial charge in [-0.15, -0.1) is 0 Å². The quantitative estimate of drug-likeness (QED) is 0.836. The standard InChI is InChI=1S/C12H12N2O2/c1-14-10(7-4-5-7)9(12(15)16)8-3-2-6-13-11(8)14/h2-3,6-7H,4-5H2,1H3,(H,15,16). The molecule has 0 atom stereocenters. The number of pyridine rings is 1. The van der Waals surface area contributed by atoms with Crippen molar-refractivity contribution in [2.24, 2.45) is 7.05 Å². The molecular formula is C12H12N2O2. The summed E-state index contributed by atoms with van der Waals surface area (Å²) in [5, 5.41) is 10.1. The van der Waals surface area contributed by atoms with Crippen molar-refractivity contribution >= 4 is 17.0 Å². The van der Waals surface area contributed by atoms with Crippen LogP contribution in [0.2, 0.25) is 0 Å². The minimum Gasteiger partial charge on any atom is -0.478 e. The maximum absolute atomic E-state index is 11.3. The highest BCUT2D eigenvalue weighted by molar-refractivity contribution is 6.04. The highest BCUT2D eigenvalue weighted by atomic mass is 16.4. The van der Waals surface area contributed by atoms with Crippen LogP contribution < -0.4 is 0 Å². The van der Waals surface area contributed by atoms with Crippen LogP contribution in [-0.4, -0.2) is 20.6 Å². The lowest BCUT2D eigenvalue weighted by Crippen LogP contribution is -2.02. The number of carbonyl (C=O) groups is 1. The van der Waals surface area contributed by atoms with Crippen molar-refractivity contribution in [3.05, 3.63) is 29.6 Å². The number of aryl methyl sites for hydroxylation is 1. The summed E-state index contributed by atoms with van der Waals surface area (Å²) < 4.78 is 1.93. The SMILES string of the molecule is Cn1c(C2CC2)c(C(=O)O)c2cccnc21. The normalized spacial score (nSPS) is 15.6. The van der Waals surface area contributed by atoms with Gasteiger partial charge in [0.1, 0.15) is 5.65 Å². The molecular weight excluding hydrogens is 204 g/mol. The van der Waals surface area contributed by atoms with E-state index in [1.807, 2.05) is 17.7 Å². The minimum atomic E-state index is -0.847. The molecule has 2 aromatic rings. The topological polar surface area (TPSA) is 55.1 Å². The Morgan fingerprint density at radius 1 is 1.56 bits per heavy atom. The molecule has 2 aromatic heterocycles. The van der Waals surface area contributed by atoms with Crippen LogP contribution >= 0.6 is 0 Å². The molecule has 4 nitrogen and oxygen atoms in total.